The number of fused-ring (bicyclic) bond motifs is 14. The molecule has 73 heavy (non-hydrogen) atoms. The molecule has 0 bridgehead atoms. The van der Waals surface area contributed by atoms with E-state index in [1.165, 1.54) is 25.7 Å². The highest BCUT2D eigenvalue weighted by atomic mass is 79.9. The van der Waals surface area contributed by atoms with Gasteiger partial charge < -0.3 is 33.9 Å². The summed E-state index contributed by atoms with van der Waals surface area (Å²) in [6.07, 6.45) is 25.5. The van der Waals surface area contributed by atoms with E-state index in [9.17, 15) is 34.2 Å². The fourth-order valence-electron chi connectivity index (χ4n) is 18.9. The Morgan fingerprint density at radius 2 is 1.08 bits per heavy atom. The lowest BCUT2D eigenvalue weighted by Crippen LogP contribution is -2.63. The first-order valence-corrected chi connectivity index (χ1v) is 29.6. The predicted octanol–water partition coefficient (Wildman–Crippen LogP) is 9.60. The number of Topliss-reactive ketones (excluding diaryl/α,β-unsaturated/α-hetero) is 2. The number of aliphatic hydroxyl groups is 2. The molecule has 0 aromatic carbocycles. The van der Waals surface area contributed by atoms with Gasteiger partial charge in [0.1, 0.15) is 0 Å². The number of carbonyl (C=O) groups excluding carboxylic acids is 5. The third-order valence-electron chi connectivity index (χ3n) is 22.3. The van der Waals surface area contributed by atoms with Gasteiger partial charge in [-0.15, -0.1) is 0 Å². The average molecular weight is 1070 g/mol. The molecule has 0 amide bonds. The van der Waals surface area contributed by atoms with E-state index in [1.54, 1.807) is 38.2 Å². The van der Waals surface area contributed by atoms with Crippen molar-refractivity contribution in [3.8, 4) is 0 Å². The monoisotopic (exact) mass is 1070 g/mol. The Morgan fingerprint density at radius 3 is 1.49 bits per heavy atom. The summed E-state index contributed by atoms with van der Waals surface area (Å²) < 4.78 is 32.5. The highest BCUT2D eigenvalue weighted by Gasteiger charge is 2.78. The summed E-state index contributed by atoms with van der Waals surface area (Å²) in [5, 5.41) is 23.8. The number of aliphatic hydroxyl groups excluding tert-OH is 2. The van der Waals surface area contributed by atoms with Gasteiger partial charge >= 0.3 is 5.97 Å². The summed E-state index contributed by atoms with van der Waals surface area (Å²) >= 11 is 3.46. The van der Waals surface area contributed by atoms with Gasteiger partial charge in [0.15, 0.2) is 47.7 Å². The number of esters is 1. The third-order valence-corrected chi connectivity index (χ3v) is 22.9. The van der Waals surface area contributed by atoms with Crippen LogP contribution in [0.3, 0.4) is 0 Å². The molecule has 12 nitrogen and oxygen atoms in total. The van der Waals surface area contributed by atoms with Crippen molar-refractivity contribution in [3.05, 3.63) is 47.6 Å². The van der Waals surface area contributed by atoms with Crippen molar-refractivity contribution in [1.29, 1.82) is 0 Å². The number of halogens is 1. The third kappa shape index (κ3) is 7.84. The number of ether oxygens (including phenoxy) is 5. The van der Waals surface area contributed by atoms with Gasteiger partial charge in [-0.05, 0) is 125 Å². The fourth-order valence-corrected chi connectivity index (χ4v) is 19.3. The SMILES string of the molecule is CC(C)C(=O)OCC(=O)[C@@]12O[C@H](C3CCCCC3)O[C@@H]1C[C@H]1[C@@H]3CCC4=CC(=O)C=C[C@]4(C)[C@H]3[C@@H](O)C[C@@]12C.C[C@]12C=CC(=O)C=C1CC[C@@H]1[C@@H]2[C@@H](O)C[C@@]2(C)[C@H]1C[C@H]1O[C@@H](C3CCCCC3)O[C@]12C(=O)CBr. The van der Waals surface area contributed by atoms with Gasteiger partial charge in [-0.2, -0.15) is 0 Å². The van der Waals surface area contributed by atoms with Crippen molar-refractivity contribution in [2.24, 2.45) is 74.9 Å². The Balaban J connectivity index is 0.000000159. The molecule has 0 spiro atoms. The highest BCUT2D eigenvalue weighted by molar-refractivity contribution is 9.09. The first-order chi connectivity index (χ1) is 34.8. The van der Waals surface area contributed by atoms with E-state index >= 15 is 0 Å². The molecule has 12 aliphatic rings. The topological polar surface area (TPSA) is 172 Å². The number of alkyl halides is 1. The second-order valence-electron chi connectivity index (χ2n) is 26.1. The lowest BCUT2D eigenvalue weighted by molar-refractivity contribution is -0.210. The van der Waals surface area contributed by atoms with Crippen LogP contribution in [0.4, 0.5) is 0 Å². The van der Waals surface area contributed by atoms with Crippen molar-refractivity contribution in [2.45, 2.75) is 205 Å². The van der Waals surface area contributed by atoms with Crippen LogP contribution in [0.5, 0.6) is 0 Å². The van der Waals surface area contributed by atoms with Gasteiger partial charge in [-0.1, -0.05) is 119 Å². The van der Waals surface area contributed by atoms with Crippen LogP contribution in [-0.4, -0.2) is 99.5 Å². The van der Waals surface area contributed by atoms with Gasteiger partial charge in [0.05, 0.1) is 35.7 Å². The molecule has 12 rings (SSSR count). The lowest BCUT2D eigenvalue weighted by atomic mass is 9.46. The largest absolute Gasteiger partial charge is 0.457 e. The first-order valence-electron chi connectivity index (χ1n) is 28.5. The van der Waals surface area contributed by atoms with E-state index in [-0.39, 0.29) is 106 Å². The molecule has 13 heteroatoms. The van der Waals surface area contributed by atoms with Gasteiger partial charge in [-0.25, -0.2) is 0 Å². The molecule has 8 saturated carbocycles. The molecule has 2 saturated heterocycles. The zero-order valence-electron chi connectivity index (χ0n) is 44.1. The highest BCUT2D eigenvalue weighted by Crippen LogP contribution is 2.72. The Kier molecular flexibility index (Phi) is 13.7. The molecule has 0 aromatic heterocycles. The maximum Gasteiger partial charge on any atom is 0.308 e. The number of ketones is 4. The van der Waals surface area contributed by atoms with Gasteiger partial charge in [0.25, 0.3) is 0 Å². The second kappa shape index (κ2) is 19.1. The standard InChI is InChI=1S/C32H44O7.C28H37BrO5/c1-18(2)28(36)37-17-25(35)32-26(38-29(39-32)19-8-6-5-7-9-19)15-23-22-11-10-20-14-21(33)12-13-30(20,3)27(22)24(34)16-31(23,32)4;1-26-11-10-18(30)12-17(26)8-9-19-20-13-23-28(22(32)15-29,27(20,2)14-21(31)24(19)26)34-25(33-23)16-6-4-3-5-7-16/h12-14,18-19,22-24,26-27,29,34H,5-11,15-17H2,1-4H3;10-12,16,19-21,23-25,31H,3-9,13-15H2,1-2H3/t22-,23-,24-,26+,27+,29+,30-,31-,32+;19-,20-,21-,23+,24+,25+,26-,27-,28+/m00/s1. The number of rotatable bonds is 8. The molecule has 10 fully saturated rings. The molecular formula is C60H81BrO12. The van der Waals surface area contributed by atoms with Crippen molar-refractivity contribution in [1.82, 2.24) is 0 Å². The quantitative estimate of drug-likeness (QED) is 0.175. The predicted molar refractivity (Wildman–Crippen MR) is 274 cm³/mol. The molecule has 0 aromatic rings. The normalized spacial score (nSPS) is 47.6. The van der Waals surface area contributed by atoms with Crippen LogP contribution >= 0.6 is 15.9 Å². The minimum Gasteiger partial charge on any atom is -0.457 e. The molecule has 18 atom stereocenters. The van der Waals surface area contributed by atoms with E-state index in [1.807, 2.05) is 12.2 Å². The lowest BCUT2D eigenvalue weighted by Gasteiger charge is -2.59. The minimum absolute atomic E-state index is 0.0162. The fraction of sp³-hybridized carbons (Fsp3) is 0.783. The van der Waals surface area contributed by atoms with Crippen LogP contribution in [0, 0.1) is 74.9 Å². The van der Waals surface area contributed by atoms with Crippen LogP contribution in [0.2, 0.25) is 0 Å². The molecule has 0 radical (unpaired) electrons. The minimum atomic E-state index is -1.25. The average Bonchev–Trinajstić information content (AvgIpc) is 4.09. The van der Waals surface area contributed by atoms with Crippen LogP contribution in [0.25, 0.3) is 0 Å². The molecule has 2 aliphatic heterocycles. The Labute approximate surface area is 440 Å². The number of hydrogen-bond acceptors (Lipinski definition) is 12. The maximum absolute atomic E-state index is 14.2. The number of carbonyl (C=O) groups is 5. The second-order valence-corrected chi connectivity index (χ2v) is 26.7. The van der Waals surface area contributed by atoms with Gasteiger partial charge in [0, 0.05) is 45.3 Å². The van der Waals surface area contributed by atoms with Crippen molar-refractivity contribution >= 4 is 45.0 Å². The molecule has 400 valence electrons. The first kappa shape index (κ1) is 52.4. The van der Waals surface area contributed by atoms with Crippen molar-refractivity contribution in [2.75, 3.05) is 11.9 Å². The van der Waals surface area contributed by atoms with Crippen molar-refractivity contribution < 1.29 is 57.9 Å². The molecular weight excluding hydrogens is 993 g/mol. The summed E-state index contributed by atoms with van der Waals surface area (Å²) in [7, 11) is 0. The molecule has 10 aliphatic carbocycles. The zero-order valence-corrected chi connectivity index (χ0v) is 45.7. The summed E-state index contributed by atoms with van der Waals surface area (Å²) in [6, 6.07) is 0. The van der Waals surface area contributed by atoms with E-state index in [4.69, 9.17) is 23.7 Å². The Bertz CT molecular complexity index is 2380. The van der Waals surface area contributed by atoms with Gasteiger partial charge in [-0.3, -0.25) is 24.0 Å². The number of hydrogen-bond donors (Lipinski definition) is 2. The molecule has 0 unspecified atom stereocenters. The summed E-state index contributed by atoms with van der Waals surface area (Å²) in [5.41, 5.74) is -1.82. The smallest absolute Gasteiger partial charge is 0.308 e. The number of allylic oxidation sites excluding steroid dienone is 8. The van der Waals surface area contributed by atoms with E-state index in [0.29, 0.717) is 25.2 Å². The summed E-state index contributed by atoms with van der Waals surface area (Å²) in [6.45, 7) is 11.8. The van der Waals surface area contributed by atoms with Gasteiger partial charge in [0.2, 0.25) is 5.78 Å². The molecule has 2 N–H and O–H groups in total. The Hall–Kier alpha value is -2.65. The van der Waals surface area contributed by atoms with Crippen LogP contribution in [-0.2, 0) is 47.7 Å². The van der Waals surface area contributed by atoms with E-state index < -0.39 is 52.6 Å². The van der Waals surface area contributed by atoms with Crippen LogP contribution in [0.1, 0.15) is 157 Å². The molecule has 2 heterocycles. The van der Waals surface area contributed by atoms with E-state index in [2.05, 4.69) is 43.6 Å². The maximum atomic E-state index is 14.2. The Morgan fingerprint density at radius 1 is 0.658 bits per heavy atom. The van der Waals surface area contributed by atoms with Crippen molar-refractivity contribution in [3.63, 3.8) is 0 Å². The van der Waals surface area contributed by atoms with Crippen LogP contribution < -0.4 is 0 Å². The summed E-state index contributed by atoms with van der Waals surface area (Å²) in [5.74, 6) is 0.547. The van der Waals surface area contributed by atoms with Crippen LogP contribution in [0.15, 0.2) is 47.6 Å². The zero-order chi connectivity index (χ0) is 51.6. The van der Waals surface area contributed by atoms with E-state index in [0.717, 1.165) is 81.8 Å². The summed E-state index contributed by atoms with van der Waals surface area (Å²) in [4.78, 5) is 64.5.